The highest BCUT2D eigenvalue weighted by Gasteiger charge is 2.19. The quantitative estimate of drug-likeness (QED) is 0.405. The number of halogens is 3. The molecule has 1 aromatic heterocycles. The lowest BCUT2D eigenvalue weighted by Gasteiger charge is -2.21. The average Bonchev–Trinajstić information content (AvgIpc) is 2.81. The summed E-state index contributed by atoms with van der Waals surface area (Å²) in [6.45, 7) is 6.00. The minimum Gasteiger partial charge on any atom is -0.352 e. The summed E-state index contributed by atoms with van der Waals surface area (Å²) in [4.78, 5) is 14.1. The third-order valence-electron chi connectivity index (χ3n) is 5.70. The minimum absolute atomic E-state index is 0.0586. The molecule has 35 heavy (non-hydrogen) atoms. The summed E-state index contributed by atoms with van der Waals surface area (Å²) in [6, 6.07) is 13.3. The van der Waals surface area contributed by atoms with Crippen molar-refractivity contribution in [1.82, 2.24) is 14.5 Å². The third-order valence-corrected chi connectivity index (χ3v) is 6.44. The number of aromatic nitrogens is 3. The molecular formula is C27H24Cl2FN5. The van der Waals surface area contributed by atoms with Crippen molar-refractivity contribution >= 4 is 46.7 Å². The maximum absolute atomic E-state index is 14.5. The highest BCUT2D eigenvalue weighted by Crippen LogP contribution is 2.28. The molecule has 8 heteroatoms. The molecule has 0 spiro atoms. The van der Waals surface area contributed by atoms with Gasteiger partial charge in [-0.15, -0.1) is 0 Å². The number of fused-ring (bicyclic) bond motifs is 2. The molecule has 178 valence electrons. The second kappa shape index (κ2) is 9.44. The van der Waals surface area contributed by atoms with E-state index in [0.717, 1.165) is 39.5 Å². The highest BCUT2D eigenvalue weighted by molar-refractivity contribution is 6.42. The summed E-state index contributed by atoms with van der Waals surface area (Å²) in [7, 11) is 0. The van der Waals surface area contributed by atoms with E-state index >= 15 is 0 Å². The van der Waals surface area contributed by atoms with E-state index in [-0.39, 0.29) is 12.5 Å². The van der Waals surface area contributed by atoms with E-state index < -0.39 is 6.17 Å². The predicted molar refractivity (Wildman–Crippen MR) is 141 cm³/mol. The van der Waals surface area contributed by atoms with E-state index in [1.807, 2.05) is 61.7 Å². The number of rotatable bonds is 4. The first kappa shape index (κ1) is 23.5. The van der Waals surface area contributed by atoms with Crippen molar-refractivity contribution in [2.45, 2.75) is 39.4 Å². The first-order chi connectivity index (χ1) is 16.8. The van der Waals surface area contributed by atoms with Gasteiger partial charge in [-0.25, -0.2) is 9.37 Å². The molecule has 0 saturated carbocycles. The second-order valence-corrected chi connectivity index (χ2v) is 9.65. The molecule has 2 heterocycles. The van der Waals surface area contributed by atoms with Crippen LogP contribution in [-0.2, 0) is 0 Å². The van der Waals surface area contributed by atoms with Crippen LogP contribution in [0, 0.1) is 6.92 Å². The van der Waals surface area contributed by atoms with Gasteiger partial charge in [-0.2, -0.15) is 0 Å². The molecule has 0 amide bonds. The zero-order chi connectivity index (χ0) is 24.7. The largest absolute Gasteiger partial charge is 0.352 e. The van der Waals surface area contributed by atoms with Crippen molar-refractivity contribution in [2.24, 2.45) is 4.99 Å². The normalized spacial score (nSPS) is 15.6. The van der Waals surface area contributed by atoms with Gasteiger partial charge in [0.05, 0.1) is 55.1 Å². The monoisotopic (exact) mass is 507 g/mol. The summed E-state index contributed by atoms with van der Waals surface area (Å²) in [5.41, 5.74) is 4.89. The molecule has 0 saturated heterocycles. The maximum Gasteiger partial charge on any atom is 0.124 e. The number of anilines is 2. The Hall–Kier alpha value is -3.22. The third kappa shape index (κ3) is 4.81. The number of pyridine rings is 1. The zero-order valence-electron chi connectivity index (χ0n) is 19.6. The zero-order valence-corrected chi connectivity index (χ0v) is 21.1. The first-order valence-corrected chi connectivity index (χ1v) is 12.2. The Labute approximate surface area is 212 Å². The molecule has 1 aromatic carbocycles. The molecule has 1 N–H and O–H groups in total. The van der Waals surface area contributed by atoms with Gasteiger partial charge in [-0.3, -0.25) is 9.98 Å². The fraction of sp³-hybridized carbons (Fsp3) is 0.222. The lowest BCUT2D eigenvalue weighted by Crippen LogP contribution is -2.42. The summed E-state index contributed by atoms with van der Waals surface area (Å²) in [5, 5.41) is 6.47. The summed E-state index contributed by atoms with van der Waals surface area (Å²) >= 11 is 12.6. The van der Waals surface area contributed by atoms with Crippen LogP contribution >= 0.6 is 23.2 Å². The summed E-state index contributed by atoms with van der Waals surface area (Å²) < 4.78 is 16.4. The molecular weight excluding hydrogens is 484 g/mol. The van der Waals surface area contributed by atoms with Crippen LogP contribution < -0.4 is 21.4 Å². The van der Waals surface area contributed by atoms with Gasteiger partial charge in [0.1, 0.15) is 6.17 Å². The van der Waals surface area contributed by atoms with Gasteiger partial charge in [0.2, 0.25) is 0 Å². The smallest absolute Gasteiger partial charge is 0.124 e. The molecule has 2 aromatic rings. The van der Waals surface area contributed by atoms with Crippen LogP contribution in [0.5, 0.6) is 0 Å². The summed E-state index contributed by atoms with van der Waals surface area (Å²) in [6.07, 6.45) is 4.42. The van der Waals surface area contributed by atoms with Gasteiger partial charge in [0.15, 0.2) is 0 Å². The van der Waals surface area contributed by atoms with Crippen LogP contribution in [0.25, 0.3) is 29.2 Å². The van der Waals surface area contributed by atoms with Crippen LogP contribution in [0.3, 0.4) is 0 Å². The van der Waals surface area contributed by atoms with E-state index in [4.69, 9.17) is 33.2 Å². The lowest BCUT2D eigenvalue weighted by atomic mass is 10.1. The van der Waals surface area contributed by atoms with E-state index in [2.05, 4.69) is 10.3 Å². The Bertz CT molecular complexity index is 1580. The topological polar surface area (TPSA) is 55.1 Å². The lowest BCUT2D eigenvalue weighted by molar-refractivity contribution is 0.426. The van der Waals surface area contributed by atoms with Gasteiger partial charge >= 0.3 is 0 Å². The minimum atomic E-state index is -1.09. The Balaban J connectivity index is 1.83. The Morgan fingerprint density at radius 1 is 1.11 bits per heavy atom. The van der Waals surface area contributed by atoms with Crippen LogP contribution in [0.2, 0.25) is 10.0 Å². The van der Waals surface area contributed by atoms with Crippen LogP contribution in [0.15, 0.2) is 53.7 Å². The van der Waals surface area contributed by atoms with E-state index in [1.165, 1.54) is 0 Å². The number of hydrogen-bond donors (Lipinski definition) is 1. The SMILES string of the molecule is Cc1ccc(Nc2cc3nc4c(n(-c5ccc(Cl)c(Cl)c5)c-3cc2=NC(C)C)=CC(F)CC=4)cn1. The van der Waals surface area contributed by atoms with E-state index in [9.17, 15) is 4.39 Å². The molecule has 3 aliphatic rings. The molecule has 1 aliphatic heterocycles. The fourth-order valence-corrected chi connectivity index (χ4v) is 4.42. The van der Waals surface area contributed by atoms with Crippen LogP contribution in [0.4, 0.5) is 15.8 Å². The molecule has 0 bridgehead atoms. The first-order valence-electron chi connectivity index (χ1n) is 11.4. The van der Waals surface area contributed by atoms with Gasteiger partial charge < -0.3 is 9.88 Å². The van der Waals surface area contributed by atoms with Gasteiger partial charge in [-0.1, -0.05) is 29.3 Å². The standard InChI is InChI=1S/C27H24Cl2FN5/c1-15(2)32-24-13-27-25(12-23(24)33-18-6-4-16(3)31-14-18)34-22-9-5-17(30)10-26(22)35(27)19-7-8-20(28)21(29)11-19/h4,6-15,17,33H,5H2,1-3H3. The number of hydrogen-bond acceptors (Lipinski definition) is 4. The molecule has 5 rings (SSSR count). The molecule has 0 radical (unpaired) electrons. The molecule has 1 atom stereocenters. The number of alkyl halides is 1. The van der Waals surface area contributed by atoms with E-state index in [1.54, 1.807) is 24.4 Å². The van der Waals surface area contributed by atoms with Gasteiger partial charge in [0, 0.05) is 23.8 Å². The van der Waals surface area contributed by atoms with Crippen molar-refractivity contribution in [3.8, 4) is 17.1 Å². The molecule has 0 fully saturated rings. The fourth-order valence-electron chi connectivity index (χ4n) is 4.12. The number of aryl methyl sites for hydroxylation is 1. The molecule has 5 nitrogen and oxygen atoms in total. The Morgan fingerprint density at radius 2 is 1.94 bits per heavy atom. The summed E-state index contributed by atoms with van der Waals surface area (Å²) in [5.74, 6) is 0. The Morgan fingerprint density at radius 3 is 2.66 bits per heavy atom. The second-order valence-electron chi connectivity index (χ2n) is 8.83. The molecule has 2 aliphatic carbocycles. The number of nitrogens with one attached hydrogen (secondary N) is 1. The predicted octanol–water partition coefficient (Wildman–Crippen LogP) is 5.34. The number of nitrogens with zero attached hydrogens (tertiary/aromatic N) is 4. The van der Waals surface area contributed by atoms with Gasteiger partial charge in [-0.05, 0) is 69.3 Å². The van der Waals surface area contributed by atoms with Crippen LogP contribution in [-0.4, -0.2) is 26.7 Å². The average molecular weight is 508 g/mol. The van der Waals surface area contributed by atoms with Crippen molar-refractivity contribution in [3.63, 3.8) is 0 Å². The highest BCUT2D eigenvalue weighted by atomic mass is 35.5. The van der Waals surface area contributed by atoms with E-state index in [0.29, 0.717) is 20.7 Å². The molecule has 1 unspecified atom stereocenters. The maximum atomic E-state index is 14.5. The van der Waals surface area contributed by atoms with Crippen molar-refractivity contribution in [3.05, 3.63) is 80.5 Å². The Kier molecular flexibility index (Phi) is 6.34. The van der Waals surface area contributed by atoms with Crippen LogP contribution in [0.1, 0.15) is 26.0 Å². The van der Waals surface area contributed by atoms with Gasteiger partial charge in [0.25, 0.3) is 0 Å². The van der Waals surface area contributed by atoms with Crippen molar-refractivity contribution in [1.29, 1.82) is 0 Å². The van der Waals surface area contributed by atoms with Crippen molar-refractivity contribution in [2.75, 3.05) is 5.32 Å². The van der Waals surface area contributed by atoms with Crippen molar-refractivity contribution < 1.29 is 4.39 Å². The number of benzene rings is 2.